The van der Waals surface area contributed by atoms with Crippen molar-refractivity contribution in [3.63, 3.8) is 0 Å². The van der Waals surface area contributed by atoms with Crippen LogP contribution in [0.15, 0.2) is 40.4 Å². The van der Waals surface area contributed by atoms with Crippen LogP contribution in [0.2, 0.25) is 0 Å². The summed E-state index contributed by atoms with van der Waals surface area (Å²) in [5, 5.41) is 0. The topological polar surface area (TPSA) is 56.8 Å². The van der Waals surface area contributed by atoms with E-state index in [1.165, 1.54) is 18.2 Å². The van der Waals surface area contributed by atoms with Crippen LogP contribution in [-0.2, 0) is 4.74 Å². The minimum absolute atomic E-state index is 0.0346. The number of rotatable bonds is 8. The monoisotopic (exact) mass is 340 g/mol. The van der Waals surface area contributed by atoms with E-state index < -0.39 is 5.82 Å². The van der Waals surface area contributed by atoms with Crippen molar-refractivity contribution >= 4 is 42.1 Å². The summed E-state index contributed by atoms with van der Waals surface area (Å²) in [6.07, 6.45) is 0. The van der Waals surface area contributed by atoms with Gasteiger partial charge in [-0.25, -0.2) is 4.39 Å². The van der Waals surface area contributed by atoms with Crippen molar-refractivity contribution in [1.82, 2.24) is 0 Å². The molecule has 0 aromatic heterocycles. The fraction of sp³-hybridized carbons (Fsp3) is 0.200. The van der Waals surface area contributed by atoms with E-state index in [-0.39, 0.29) is 17.3 Å². The Balaban J connectivity index is 3.46. The smallest absolute Gasteiger partial charge is 0.130 e. The Morgan fingerprint density at radius 1 is 1.45 bits per heavy atom. The molecule has 1 aromatic carbocycles. The highest BCUT2D eigenvalue weighted by Crippen LogP contribution is 2.35. The molecule has 1 aromatic rings. The Labute approximate surface area is 139 Å². The van der Waals surface area contributed by atoms with E-state index in [1.54, 1.807) is 7.11 Å². The first-order valence-electron chi connectivity index (χ1n) is 6.23. The van der Waals surface area contributed by atoms with Gasteiger partial charge in [0.05, 0.1) is 6.61 Å². The van der Waals surface area contributed by atoms with Crippen molar-refractivity contribution in [1.29, 1.82) is 0 Å². The predicted molar refractivity (Wildman–Crippen MR) is 95.2 cm³/mol. The predicted octanol–water partition coefficient (Wildman–Crippen LogP) is 2.99. The fourth-order valence-electron chi connectivity index (χ4n) is 1.76. The summed E-state index contributed by atoms with van der Waals surface area (Å²) >= 11 is 9.21. The van der Waals surface area contributed by atoms with Crippen LogP contribution >= 0.6 is 24.8 Å². The van der Waals surface area contributed by atoms with E-state index in [2.05, 4.69) is 30.9 Å². The Kier molecular flexibility index (Phi) is 7.23. The van der Waals surface area contributed by atoms with Gasteiger partial charge in [-0.05, 0) is 18.9 Å². The maximum absolute atomic E-state index is 13.5. The molecule has 118 valence electrons. The summed E-state index contributed by atoms with van der Waals surface area (Å²) in [7, 11) is 1.54. The molecular formula is C15H17FN2O2S2. The van der Waals surface area contributed by atoms with Crippen LogP contribution in [0.3, 0.4) is 0 Å². The largest absolute Gasteiger partial charge is 0.490 e. The van der Waals surface area contributed by atoms with Gasteiger partial charge in [0.2, 0.25) is 0 Å². The van der Waals surface area contributed by atoms with Crippen molar-refractivity contribution in [3.05, 3.63) is 46.8 Å². The van der Waals surface area contributed by atoms with Crippen LogP contribution in [0.1, 0.15) is 5.56 Å². The van der Waals surface area contributed by atoms with Crippen molar-refractivity contribution in [3.8, 4) is 5.75 Å². The third-order valence-electron chi connectivity index (χ3n) is 2.67. The minimum atomic E-state index is -0.441. The summed E-state index contributed by atoms with van der Waals surface area (Å²) in [6.45, 7) is 7.83. The second-order valence-corrected chi connectivity index (χ2v) is 5.15. The number of nitrogens with two attached hydrogens (primary N) is 1. The van der Waals surface area contributed by atoms with Gasteiger partial charge >= 0.3 is 0 Å². The number of thiol groups is 1. The lowest BCUT2D eigenvalue weighted by Gasteiger charge is -2.16. The molecule has 0 heterocycles. The number of aliphatic imine (C=N–C) groups is 1. The number of thiocarbonyl (C=S) groups is 1. The lowest BCUT2D eigenvalue weighted by Crippen LogP contribution is -2.13. The van der Waals surface area contributed by atoms with Crippen molar-refractivity contribution < 1.29 is 13.9 Å². The number of hydrogen-bond donors (Lipinski definition) is 2. The Morgan fingerprint density at radius 2 is 2.14 bits per heavy atom. The van der Waals surface area contributed by atoms with E-state index in [4.69, 9.17) is 27.4 Å². The zero-order valence-electron chi connectivity index (χ0n) is 12.1. The zero-order chi connectivity index (χ0) is 16.7. The summed E-state index contributed by atoms with van der Waals surface area (Å²) in [5.74, 6) is -0.150. The van der Waals surface area contributed by atoms with Crippen LogP contribution < -0.4 is 10.5 Å². The molecule has 0 amide bonds. The zero-order valence-corrected chi connectivity index (χ0v) is 13.8. The molecule has 0 unspecified atom stereocenters. The normalized spacial score (nSPS) is 11.6. The average Bonchev–Trinajstić information content (AvgIpc) is 2.45. The molecule has 22 heavy (non-hydrogen) atoms. The lowest BCUT2D eigenvalue weighted by molar-refractivity contribution is 0.146. The molecule has 1 rings (SSSR count). The van der Waals surface area contributed by atoms with E-state index in [0.29, 0.717) is 28.4 Å². The summed E-state index contributed by atoms with van der Waals surface area (Å²) in [5.41, 5.74) is 6.87. The molecule has 4 nitrogen and oxygen atoms in total. The number of benzene rings is 1. The van der Waals surface area contributed by atoms with Crippen LogP contribution in [0.4, 0.5) is 4.39 Å². The first-order chi connectivity index (χ1) is 10.4. The average molecular weight is 340 g/mol. The maximum atomic E-state index is 13.5. The molecule has 0 fully saturated rings. The molecule has 0 radical (unpaired) electrons. The summed E-state index contributed by atoms with van der Waals surface area (Å²) < 4.78 is 24.0. The lowest BCUT2D eigenvalue weighted by atomic mass is 10.0. The number of halogens is 1. The summed E-state index contributed by atoms with van der Waals surface area (Å²) in [4.78, 5) is 4.22. The first kappa shape index (κ1) is 18.3. The standard InChI is InChI=1S/C15H17FN2O2S2/c1-9(21)13(14(18-2)15(17)22)11-5-4-10(16)8-12(11)20-7-6-19-3/h4-5,8,21H,1-2,6-7H2,3H3,(H2,17,22)/b14-13+. The van der Waals surface area contributed by atoms with Gasteiger partial charge < -0.3 is 15.2 Å². The van der Waals surface area contributed by atoms with Crippen molar-refractivity contribution in [2.45, 2.75) is 0 Å². The Bertz CT molecular complexity index is 630. The molecule has 2 N–H and O–H groups in total. The van der Waals surface area contributed by atoms with Gasteiger partial charge in [-0.3, -0.25) is 4.99 Å². The molecule has 0 aliphatic carbocycles. The molecular weight excluding hydrogens is 323 g/mol. The van der Waals surface area contributed by atoms with Gasteiger partial charge in [0.25, 0.3) is 0 Å². The Morgan fingerprint density at radius 3 is 2.64 bits per heavy atom. The summed E-state index contributed by atoms with van der Waals surface area (Å²) in [6, 6.07) is 4.06. The van der Waals surface area contributed by atoms with Crippen molar-refractivity contribution in [2.24, 2.45) is 10.7 Å². The van der Waals surface area contributed by atoms with Crippen LogP contribution in [0.25, 0.3) is 5.57 Å². The number of ether oxygens (including phenoxy) is 2. The molecule has 0 atom stereocenters. The molecule has 0 spiro atoms. The molecule has 7 heteroatoms. The molecule has 0 aliphatic rings. The second-order valence-electron chi connectivity index (χ2n) is 4.17. The highest BCUT2D eigenvalue weighted by molar-refractivity contribution is 7.85. The molecule has 0 bridgehead atoms. The molecule has 0 saturated carbocycles. The van der Waals surface area contributed by atoms with Gasteiger partial charge in [0.15, 0.2) is 0 Å². The Hall–Kier alpha value is -1.70. The second kappa shape index (κ2) is 8.67. The molecule has 0 saturated heterocycles. The molecule has 0 aliphatic heterocycles. The quantitative estimate of drug-likeness (QED) is 0.191. The van der Waals surface area contributed by atoms with Gasteiger partial charge in [-0.15, -0.1) is 12.6 Å². The van der Waals surface area contributed by atoms with Crippen LogP contribution in [0.5, 0.6) is 5.75 Å². The van der Waals surface area contributed by atoms with E-state index in [1.807, 2.05) is 0 Å². The van der Waals surface area contributed by atoms with Crippen LogP contribution in [0, 0.1) is 5.82 Å². The number of methoxy groups -OCH3 is 1. The maximum Gasteiger partial charge on any atom is 0.130 e. The third kappa shape index (κ3) is 4.66. The van der Waals surface area contributed by atoms with Crippen LogP contribution in [-0.4, -0.2) is 32.0 Å². The number of nitrogens with zero attached hydrogens (tertiary/aromatic N) is 1. The number of allylic oxidation sites excluding steroid dienone is 1. The first-order valence-corrected chi connectivity index (χ1v) is 7.08. The highest BCUT2D eigenvalue weighted by Gasteiger charge is 2.17. The minimum Gasteiger partial charge on any atom is -0.490 e. The highest BCUT2D eigenvalue weighted by atomic mass is 32.1. The van der Waals surface area contributed by atoms with Gasteiger partial charge in [-0.1, -0.05) is 18.8 Å². The van der Waals surface area contributed by atoms with Gasteiger partial charge in [0, 0.05) is 29.2 Å². The fourth-order valence-corrected chi connectivity index (χ4v) is 2.15. The van der Waals surface area contributed by atoms with E-state index >= 15 is 0 Å². The van der Waals surface area contributed by atoms with E-state index in [0.717, 1.165) is 0 Å². The number of hydrogen-bond acceptors (Lipinski definition) is 5. The van der Waals surface area contributed by atoms with Gasteiger partial charge in [-0.2, -0.15) is 0 Å². The van der Waals surface area contributed by atoms with Crippen molar-refractivity contribution in [2.75, 3.05) is 20.3 Å². The van der Waals surface area contributed by atoms with E-state index in [9.17, 15) is 4.39 Å². The van der Waals surface area contributed by atoms with Gasteiger partial charge in [0.1, 0.15) is 28.9 Å². The third-order valence-corrected chi connectivity index (χ3v) is 3.09. The SMILES string of the molecule is C=N/C(C(N)=S)=C(\C(=C)S)c1ccc(F)cc1OCCOC.